The predicted molar refractivity (Wildman–Crippen MR) is 119 cm³/mol. The van der Waals surface area contributed by atoms with Gasteiger partial charge in [0.25, 0.3) is 0 Å². The zero-order valence-corrected chi connectivity index (χ0v) is 19.5. The highest BCUT2D eigenvalue weighted by Crippen LogP contribution is 2.68. The lowest BCUT2D eigenvalue weighted by Gasteiger charge is -2.34. The van der Waals surface area contributed by atoms with Crippen LogP contribution in [0.1, 0.15) is 51.3 Å². The first kappa shape index (κ1) is 21.0. The Morgan fingerprint density at radius 2 is 1.75 bits per heavy atom. The van der Waals surface area contributed by atoms with Gasteiger partial charge in [0, 0.05) is 16.3 Å². The van der Waals surface area contributed by atoms with Gasteiger partial charge in [-0.3, -0.25) is 0 Å². The van der Waals surface area contributed by atoms with E-state index in [1.54, 1.807) is 7.11 Å². The highest BCUT2D eigenvalue weighted by molar-refractivity contribution is 7.74. The largest absolute Gasteiger partial charge is 0.496 e. The Hall–Kier alpha value is -1.73. The summed E-state index contributed by atoms with van der Waals surface area (Å²) >= 11 is 0. The van der Waals surface area contributed by atoms with Crippen LogP contribution in [0.25, 0.3) is 11.1 Å². The van der Waals surface area contributed by atoms with E-state index in [0.29, 0.717) is 0 Å². The first-order chi connectivity index (χ1) is 12.9. The fourth-order valence-electron chi connectivity index (χ4n) is 4.42. The summed E-state index contributed by atoms with van der Waals surface area (Å²) in [7, 11) is -1.16. The third-order valence-corrected chi connectivity index (χ3v) is 10.5. The van der Waals surface area contributed by atoms with Gasteiger partial charge in [-0.2, -0.15) is 0 Å². The van der Waals surface area contributed by atoms with Gasteiger partial charge < -0.3 is 14.0 Å². The second-order valence-electron chi connectivity index (χ2n) is 9.28. The number of aryl methyl sites for hydroxylation is 2. The standard InChI is InChI=1S/C24H33O3P/c1-14(2)23-27-19-12-10-11-18(22(19)28(23,25)24(6,7)8)20-17(5)15(3)13-16(4)21(20)26-9/h10-14,23H,1-9H3/t23-,28+/m0/s1. The van der Waals surface area contributed by atoms with Crippen LogP contribution in [0.15, 0.2) is 24.3 Å². The highest BCUT2D eigenvalue weighted by Gasteiger charge is 2.54. The third kappa shape index (κ3) is 2.90. The van der Waals surface area contributed by atoms with Gasteiger partial charge in [-0.25, -0.2) is 0 Å². The molecular weight excluding hydrogens is 367 g/mol. The van der Waals surface area contributed by atoms with Gasteiger partial charge in [0.15, 0.2) is 13.0 Å². The number of ether oxygens (including phenoxy) is 2. The van der Waals surface area contributed by atoms with Gasteiger partial charge in [0.2, 0.25) is 0 Å². The minimum atomic E-state index is -2.87. The van der Waals surface area contributed by atoms with E-state index in [1.807, 2.05) is 12.1 Å². The Kier molecular flexibility index (Phi) is 5.21. The molecule has 2 aromatic carbocycles. The highest BCUT2D eigenvalue weighted by atomic mass is 31.2. The average molecular weight is 400 g/mol. The molecule has 152 valence electrons. The zero-order valence-electron chi connectivity index (χ0n) is 18.6. The summed E-state index contributed by atoms with van der Waals surface area (Å²) in [5.74, 6) is 1.47. The second-order valence-corrected chi connectivity index (χ2v) is 12.9. The summed E-state index contributed by atoms with van der Waals surface area (Å²) in [6, 6.07) is 8.19. The SMILES string of the molecule is COc1c(C)cc(C)c(C)c1-c1cccc2c1[P@](=O)(C(C)(C)C)[C@@H](C(C)C)O2. The number of rotatable bonds is 3. The minimum absolute atomic E-state index is 0.160. The van der Waals surface area contributed by atoms with Crippen molar-refractivity contribution in [3.8, 4) is 22.6 Å². The maximum atomic E-state index is 14.7. The monoisotopic (exact) mass is 400 g/mol. The van der Waals surface area contributed by atoms with Crippen LogP contribution >= 0.6 is 7.14 Å². The number of fused-ring (bicyclic) bond motifs is 1. The molecule has 0 amide bonds. The Balaban J connectivity index is 2.44. The molecule has 3 nitrogen and oxygen atoms in total. The average Bonchev–Trinajstić information content (AvgIpc) is 2.92. The van der Waals surface area contributed by atoms with E-state index in [2.05, 4.69) is 67.5 Å². The number of methoxy groups -OCH3 is 1. The smallest absolute Gasteiger partial charge is 0.163 e. The van der Waals surface area contributed by atoms with Crippen LogP contribution < -0.4 is 14.8 Å². The first-order valence-corrected chi connectivity index (χ1v) is 11.8. The summed E-state index contributed by atoms with van der Waals surface area (Å²) in [5.41, 5.74) is 5.47. The molecule has 1 aliphatic rings. The van der Waals surface area contributed by atoms with E-state index in [9.17, 15) is 4.57 Å². The molecule has 1 heterocycles. The van der Waals surface area contributed by atoms with Crippen LogP contribution in [0.3, 0.4) is 0 Å². The maximum Gasteiger partial charge on any atom is 0.163 e. The molecule has 28 heavy (non-hydrogen) atoms. The van der Waals surface area contributed by atoms with Gasteiger partial charge in [0.05, 0.1) is 12.4 Å². The minimum Gasteiger partial charge on any atom is -0.496 e. The van der Waals surface area contributed by atoms with E-state index in [1.165, 1.54) is 5.56 Å². The molecule has 0 aliphatic carbocycles. The molecule has 3 rings (SSSR count). The molecule has 0 spiro atoms. The summed E-state index contributed by atoms with van der Waals surface area (Å²) in [5, 5.41) is 0.483. The van der Waals surface area contributed by atoms with Crippen LogP contribution in [-0.2, 0) is 4.57 Å². The summed E-state index contributed by atoms with van der Waals surface area (Å²) in [6.45, 7) is 16.7. The fraction of sp³-hybridized carbons (Fsp3) is 0.500. The van der Waals surface area contributed by atoms with Crippen LogP contribution in [0, 0.1) is 26.7 Å². The Morgan fingerprint density at radius 3 is 2.29 bits per heavy atom. The quantitative estimate of drug-likeness (QED) is 0.556. The fourth-order valence-corrected chi connectivity index (χ4v) is 8.21. The number of hydrogen-bond donors (Lipinski definition) is 0. The summed E-state index contributed by atoms with van der Waals surface area (Å²) in [4.78, 5) is 0. The van der Waals surface area contributed by atoms with Crippen molar-refractivity contribution in [2.24, 2.45) is 5.92 Å². The molecule has 0 bridgehead atoms. The molecule has 1 aliphatic heterocycles. The van der Waals surface area contributed by atoms with Gasteiger partial charge in [-0.05, 0) is 49.4 Å². The first-order valence-electron chi connectivity index (χ1n) is 10.00. The molecule has 0 saturated carbocycles. The van der Waals surface area contributed by atoms with Crippen molar-refractivity contribution in [2.45, 2.75) is 66.4 Å². The summed E-state index contributed by atoms with van der Waals surface area (Å²) < 4.78 is 26.9. The van der Waals surface area contributed by atoms with Gasteiger partial charge >= 0.3 is 0 Å². The molecule has 0 saturated heterocycles. The van der Waals surface area contributed by atoms with Crippen molar-refractivity contribution >= 4 is 12.4 Å². The summed E-state index contributed by atoms with van der Waals surface area (Å²) in [6.07, 6.45) is 0. The lowest BCUT2D eigenvalue weighted by molar-refractivity contribution is 0.232. The number of hydrogen-bond acceptors (Lipinski definition) is 3. The molecule has 0 aromatic heterocycles. The predicted octanol–water partition coefficient (Wildman–Crippen LogP) is 6.45. The molecular formula is C24H33O3P. The molecule has 0 N–H and O–H groups in total. The van der Waals surface area contributed by atoms with Gasteiger partial charge in [0.1, 0.15) is 11.5 Å². The van der Waals surface area contributed by atoms with Gasteiger partial charge in [-0.15, -0.1) is 0 Å². The molecule has 2 aromatic rings. The molecule has 2 atom stereocenters. The molecule has 0 radical (unpaired) electrons. The van der Waals surface area contributed by atoms with E-state index >= 15 is 0 Å². The van der Waals surface area contributed by atoms with Gasteiger partial charge in [-0.1, -0.05) is 52.8 Å². The van der Waals surface area contributed by atoms with Crippen LogP contribution in [0.4, 0.5) is 0 Å². The van der Waals surface area contributed by atoms with Crippen molar-refractivity contribution < 1.29 is 14.0 Å². The van der Waals surface area contributed by atoms with Crippen molar-refractivity contribution in [1.82, 2.24) is 0 Å². The lowest BCUT2D eigenvalue weighted by atomic mass is 9.93. The lowest BCUT2D eigenvalue weighted by Crippen LogP contribution is -2.31. The van der Waals surface area contributed by atoms with E-state index < -0.39 is 12.3 Å². The Morgan fingerprint density at radius 1 is 1.11 bits per heavy atom. The van der Waals surface area contributed by atoms with Crippen LogP contribution in [0.2, 0.25) is 0 Å². The molecule has 4 heteroatoms. The van der Waals surface area contributed by atoms with Crippen molar-refractivity contribution in [2.75, 3.05) is 7.11 Å². The third-order valence-electron chi connectivity index (χ3n) is 5.96. The van der Waals surface area contributed by atoms with Crippen molar-refractivity contribution in [3.63, 3.8) is 0 Å². The second kappa shape index (κ2) is 6.95. The van der Waals surface area contributed by atoms with E-state index in [0.717, 1.165) is 39.1 Å². The Bertz CT molecular complexity index is 967. The number of benzene rings is 2. The Labute approximate surface area is 169 Å². The van der Waals surface area contributed by atoms with E-state index in [-0.39, 0.29) is 11.8 Å². The van der Waals surface area contributed by atoms with E-state index in [4.69, 9.17) is 9.47 Å². The molecule has 0 fully saturated rings. The normalized spacial score (nSPS) is 21.6. The van der Waals surface area contributed by atoms with Crippen LogP contribution in [0.5, 0.6) is 11.5 Å². The van der Waals surface area contributed by atoms with Crippen LogP contribution in [-0.4, -0.2) is 18.1 Å². The maximum absolute atomic E-state index is 14.7. The molecule has 0 unspecified atom stereocenters. The zero-order chi connectivity index (χ0) is 21.0. The van der Waals surface area contributed by atoms with Crippen molar-refractivity contribution in [3.05, 3.63) is 41.0 Å². The van der Waals surface area contributed by atoms with Crippen molar-refractivity contribution in [1.29, 1.82) is 0 Å². The topological polar surface area (TPSA) is 35.5 Å².